The third-order valence-electron chi connectivity index (χ3n) is 8.12. The van der Waals surface area contributed by atoms with Crippen LogP contribution >= 0.6 is 0 Å². The number of ketones is 2. The van der Waals surface area contributed by atoms with Gasteiger partial charge < -0.3 is 5.21 Å². The first-order valence-corrected chi connectivity index (χ1v) is 9.16. The Morgan fingerprint density at radius 1 is 1.13 bits per heavy atom. The molecule has 0 bridgehead atoms. The Hall–Kier alpha value is -1.19. The number of oxime groups is 1. The van der Waals surface area contributed by atoms with Crippen LogP contribution in [0.3, 0.4) is 0 Å². The van der Waals surface area contributed by atoms with E-state index in [0.717, 1.165) is 50.7 Å². The van der Waals surface area contributed by atoms with Crippen molar-refractivity contribution in [3.05, 3.63) is 0 Å². The van der Waals surface area contributed by atoms with Gasteiger partial charge in [0.15, 0.2) is 0 Å². The van der Waals surface area contributed by atoms with E-state index in [9.17, 15) is 14.8 Å². The third kappa shape index (κ3) is 1.93. The summed E-state index contributed by atoms with van der Waals surface area (Å²) in [7, 11) is 0. The average molecular weight is 317 g/mol. The highest BCUT2D eigenvalue weighted by molar-refractivity contribution is 6.13. The van der Waals surface area contributed by atoms with Crippen molar-refractivity contribution < 1.29 is 14.8 Å². The molecule has 0 spiro atoms. The molecule has 0 aromatic rings. The van der Waals surface area contributed by atoms with Crippen LogP contribution in [-0.4, -0.2) is 22.5 Å². The van der Waals surface area contributed by atoms with E-state index in [2.05, 4.69) is 19.0 Å². The van der Waals surface area contributed by atoms with Crippen LogP contribution in [0, 0.1) is 34.5 Å². The van der Waals surface area contributed by atoms with Gasteiger partial charge in [-0.25, -0.2) is 0 Å². The van der Waals surface area contributed by atoms with Crippen LogP contribution < -0.4 is 0 Å². The van der Waals surface area contributed by atoms with Crippen LogP contribution in [0.1, 0.15) is 65.2 Å². The predicted molar refractivity (Wildman–Crippen MR) is 86.3 cm³/mol. The fraction of sp³-hybridized carbons (Fsp3) is 0.842. The molecule has 0 radical (unpaired) electrons. The van der Waals surface area contributed by atoms with E-state index < -0.39 is 0 Å². The average Bonchev–Trinajstić information content (AvgIpc) is 2.79. The lowest BCUT2D eigenvalue weighted by atomic mass is 9.45. The summed E-state index contributed by atoms with van der Waals surface area (Å²) in [5.41, 5.74) is 0.627. The lowest BCUT2D eigenvalue weighted by Crippen LogP contribution is -2.54. The van der Waals surface area contributed by atoms with Crippen LogP contribution in [-0.2, 0) is 9.59 Å². The van der Waals surface area contributed by atoms with Crippen molar-refractivity contribution in [1.82, 2.24) is 0 Å². The van der Waals surface area contributed by atoms with E-state index in [4.69, 9.17) is 0 Å². The van der Waals surface area contributed by atoms with Gasteiger partial charge in [0.05, 0.1) is 5.71 Å². The van der Waals surface area contributed by atoms with E-state index in [1.165, 1.54) is 0 Å². The first-order valence-electron chi connectivity index (χ1n) is 9.16. The lowest BCUT2D eigenvalue weighted by Gasteiger charge is -2.59. The zero-order valence-electron chi connectivity index (χ0n) is 14.2. The zero-order valence-corrected chi connectivity index (χ0v) is 14.2. The van der Waals surface area contributed by atoms with Gasteiger partial charge in [-0.1, -0.05) is 19.0 Å². The minimum Gasteiger partial charge on any atom is -0.411 e. The molecule has 0 heterocycles. The zero-order chi connectivity index (χ0) is 16.4. The van der Waals surface area contributed by atoms with Crippen molar-refractivity contribution >= 4 is 17.3 Å². The lowest BCUT2D eigenvalue weighted by molar-refractivity contribution is -0.142. The minimum atomic E-state index is -0.323. The van der Waals surface area contributed by atoms with Gasteiger partial charge in [0.2, 0.25) is 0 Å². The first kappa shape index (κ1) is 15.3. The minimum absolute atomic E-state index is 0.120. The number of fused-ring (bicyclic) bond motifs is 5. The van der Waals surface area contributed by atoms with Crippen molar-refractivity contribution in [2.24, 2.45) is 39.7 Å². The molecule has 0 saturated heterocycles. The summed E-state index contributed by atoms with van der Waals surface area (Å²) in [6, 6.07) is 0. The molecule has 4 heteroatoms. The fourth-order valence-corrected chi connectivity index (χ4v) is 6.75. The maximum Gasteiger partial charge on any atom is 0.145 e. The molecule has 0 amide bonds. The topological polar surface area (TPSA) is 66.7 Å². The van der Waals surface area contributed by atoms with Gasteiger partial charge in [-0.05, 0) is 55.3 Å². The molecule has 4 saturated carbocycles. The van der Waals surface area contributed by atoms with E-state index in [0.29, 0.717) is 30.0 Å². The molecule has 4 aliphatic rings. The van der Waals surface area contributed by atoms with Crippen LogP contribution in [0.2, 0.25) is 0 Å². The second-order valence-corrected chi connectivity index (χ2v) is 8.92. The van der Waals surface area contributed by atoms with Gasteiger partial charge in [-0.2, -0.15) is 0 Å². The number of rotatable bonds is 0. The summed E-state index contributed by atoms with van der Waals surface area (Å²) < 4.78 is 0. The number of carbonyl (C=O) groups excluding carboxylic acids is 2. The van der Waals surface area contributed by atoms with Crippen LogP contribution in [0.25, 0.3) is 0 Å². The molecule has 126 valence electrons. The van der Waals surface area contributed by atoms with Crippen molar-refractivity contribution in [2.75, 3.05) is 0 Å². The van der Waals surface area contributed by atoms with E-state index in [1.807, 2.05) is 0 Å². The number of hydrogen-bond acceptors (Lipinski definition) is 4. The molecule has 23 heavy (non-hydrogen) atoms. The first-order chi connectivity index (χ1) is 10.9. The molecule has 4 aliphatic carbocycles. The summed E-state index contributed by atoms with van der Waals surface area (Å²) >= 11 is 0. The highest BCUT2D eigenvalue weighted by atomic mass is 16.4. The molecule has 4 fully saturated rings. The number of Topliss-reactive ketones (excluding diaryl/α,β-unsaturated/α-hetero) is 2. The SMILES string of the molecule is C[C@]12CCC(=O)C[C@@H]1CC[C@@H]1[C@@H]2CC[C@]2(C)C(=O)CC(=NO)[C@@H]12. The normalized spacial score (nSPS) is 51.3. The Balaban J connectivity index is 1.71. The van der Waals surface area contributed by atoms with Crippen LogP contribution in [0.15, 0.2) is 5.16 Å². The number of hydrogen-bond donors (Lipinski definition) is 1. The summed E-state index contributed by atoms with van der Waals surface area (Å²) in [6.45, 7) is 4.48. The largest absolute Gasteiger partial charge is 0.411 e. The van der Waals surface area contributed by atoms with Crippen LogP contribution in [0.4, 0.5) is 0 Å². The summed E-state index contributed by atoms with van der Waals surface area (Å²) in [5.74, 6) is 2.34. The summed E-state index contributed by atoms with van der Waals surface area (Å²) in [5, 5.41) is 13.0. The molecule has 4 rings (SSSR count). The standard InChI is InChI=1S/C19H27NO3/c1-18-7-5-12(21)9-11(18)3-4-13-14(18)6-8-19(2)16(22)10-15(20-23)17(13)19/h11,13-14,17,23H,3-10H2,1-2H3/t11-,13+,14-,17+,18-,19+/m0/s1. The number of carbonyl (C=O) groups is 2. The van der Waals surface area contributed by atoms with Crippen molar-refractivity contribution in [3.63, 3.8) is 0 Å². The van der Waals surface area contributed by atoms with E-state index >= 15 is 0 Å². The van der Waals surface area contributed by atoms with Gasteiger partial charge in [0.1, 0.15) is 11.6 Å². The molecule has 4 nitrogen and oxygen atoms in total. The second-order valence-electron chi connectivity index (χ2n) is 8.92. The maximum absolute atomic E-state index is 12.5. The summed E-state index contributed by atoms with van der Waals surface area (Å²) in [6.07, 6.45) is 6.96. The maximum atomic E-state index is 12.5. The summed E-state index contributed by atoms with van der Waals surface area (Å²) in [4.78, 5) is 24.4. The molecular weight excluding hydrogens is 290 g/mol. The molecule has 1 N–H and O–H groups in total. The monoisotopic (exact) mass is 317 g/mol. The highest BCUT2D eigenvalue weighted by Crippen LogP contribution is 2.64. The van der Waals surface area contributed by atoms with Gasteiger partial charge >= 0.3 is 0 Å². The van der Waals surface area contributed by atoms with Crippen LogP contribution in [0.5, 0.6) is 0 Å². The predicted octanol–water partition coefficient (Wildman–Crippen LogP) is 3.61. The van der Waals surface area contributed by atoms with Gasteiger partial charge in [0, 0.05) is 30.6 Å². The molecule has 0 aliphatic heterocycles. The Morgan fingerprint density at radius 2 is 1.91 bits per heavy atom. The Kier molecular flexibility index (Phi) is 3.27. The Morgan fingerprint density at radius 3 is 2.65 bits per heavy atom. The van der Waals surface area contributed by atoms with Crippen molar-refractivity contribution in [2.45, 2.75) is 65.2 Å². The quantitative estimate of drug-likeness (QED) is 0.548. The van der Waals surface area contributed by atoms with Crippen molar-refractivity contribution in [1.29, 1.82) is 0 Å². The molecule has 0 aromatic heterocycles. The molecule has 0 unspecified atom stereocenters. The molecule has 0 aromatic carbocycles. The van der Waals surface area contributed by atoms with Gasteiger partial charge in [-0.15, -0.1) is 0 Å². The number of nitrogens with zero attached hydrogens (tertiary/aromatic N) is 1. The molecule has 6 atom stereocenters. The fourth-order valence-electron chi connectivity index (χ4n) is 6.75. The smallest absolute Gasteiger partial charge is 0.145 e. The molecular formula is C19H27NO3. The van der Waals surface area contributed by atoms with Crippen molar-refractivity contribution in [3.8, 4) is 0 Å². The second kappa shape index (κ2) is 4.90. The van der Waals surface area contributed by atoms with E-state index in [-0.39, 0.29) is 22.5 Å². The van der Waals surface area contributed by atoms with E-state index in [1.54, 1.807) is 0 Å². The Bertz CT molecular complexity index is 597. The Labute approximate surface area is 137 Å². The third-order valence-corrected chi connectivity index (χ3v) is 8.12. The van der Waals surface area contributed by atoms with Gasteiger partial charge in [-0.3, -0.25) is 9.59 Å². The van der Waals surface area contributed by atoms with Gasteiger partial charge in [0.25, 0.3) is 0 Å². The highest BCUT2D eigenvalue weighted by Gasteiger charge is 2.62.